The van der Waals surface area contributed by atoms with Crippen LogP contribution in [-0.4, -0.2) is 25.1 Å². The second kappa shape index (κ2) is 8.26. The molecule has 0 amide bonds. The van der Waals surface area contributed by atoms with Gasteiger partial charge in [-0.1, -0.05) is 30.2 Å². The van der Waals surface area contributed by atoms with E-state index in [0.29, 0.717) is 19.1 Å². The lowest BCUT2D eigenvalue weighted by atomic mass is 9.88. The molecule has 4 heteroatoms. The zero-order valence-corrected chi connectivity index (χ0v) is 13.8. The summed E-state index contributed by atoms with van der Waals surface area (Å²) in [7, 11) is 0. The fourth-order valence-corrected chi connectivity index (χ4v) is 3.03. The summed E-state index contributed by atoms with van der Waals surface area (Å²) in [5.41, 5.74) is 2.89. The molecule has 1 atom stereocenters. The lowest BCUT2D eigenvalue weighted by Crippen LogP contribution is -2.46. The van der Waals surface area contributed by atoms with Crippen molar-refractivity contribution in [2.45, 2.75) is 31.7 Å². The highest BCUT2D eigenvalue weighted by Gasteiger charge is 2.18. The molecule has 0 saturated carbocycles. The van der Waals surface area contributed by atoms with E-state index in [-0.39, 0.29) is 0 Å². The third kappa shape index (κ3) is 4.42. The Hall–Kier alpha value is -2.67. The SMILES string of the molecule is C#CCNC(=NCCc1ccco1)NC1CCc2ccccc2C1. The molecule has 0 aliphatic heterocycles. The molecule has 1 aliphatic rings. The topological polar surface area (TPSA) is 49.6 Å². The molecular weight excluding hydrogens is 298 g/mol. The summed E-state index contributed by atoms with van der Waals surface area (Å²) in [5.74, 6) is 4.33. The first-order chi connectivity index (χ1) is 11.8. The molecule has 24 heavy (non-hydrogen) atoms. The van der Waals surface area contributed by atoms with Crippen LogP contribution < -0.4 is 10.6 Å². The number of furan rings is 1. The van der Waals surface area contributed by atoms with Crippen molar-refractivity contribution < 1.29 is 4.42 Å². The van der Waals surface area contributed by atoms with Gasteiger partial charge in [0.15, 0.2) is 5.96 Å². The van der Waals surface area contributed by atoms with Crippen LogP contribution in [0.3, 0.4) is 0 Å². The molecule has 1 aromatic carbocycles. The first-order valence-corrected chi connectivity index (χ1v) is 8.42. The molecule has 0 fully saturated rings. The maximum Gasteiger partial charge on any atom is 0.192 e. The summed E-state index contributed by atoms with van der Waals surface area (Å²) in [4.78, 5) is 4.63. The Bertz CT molecular complexity index is 713. The van der Waals surface area contributed by atoms with Crippen molar-refractivity contribution in [2.24, 2.45) is 4.99 Å². The molecule has 3 rings (SSSR count). The number of fused-ring (bicyclic) bond motifs is 1. The summed E-state index contributed by atoms with van der Waals surface area (Å²) < 4.78 is 5.34. The first-order valence-electron chi connectivity index (χ1n) is 8.42. The molecule has 0 radical (unpaired) electrons. The monoisotopic (exact) mass is 321 g/mol. The van der Waals surface area contributed by atoms with Crippen LogP contribution >= 0.6 is 0 Å². The van der Waals surface area contributed by atoms with Gasteiger partial charge in [0, 0.05) is 19.0 Å². The molecule has 124 valence electrons. The normalized spacial score (nSPS) is 17.0. The molecule has 2 N–H and O–H groups in total. The summed E-state index contributed by atoms with van der Waals surface area (Å²) in [5, 5.41) is 6.72. The van der Waals surface area contributed by atoms with Gasteiger partial charge in [0.05, 0.1) is 12.8 Å². The number of nitrogens with one attached hydrogen (secondary N) is 2. The van der Waals surface area contributed by atoms with E-state index in [1.165, 1.54) is 11.1 Å². The molecule has 1 aromatic heterocycles. The Kier molecular flexibility index (Phi) is 5.57. The number of rotatable bonds is 5. The predicted molar refractivity (Wildman–Crippen MR) is 96.9 cm³/mol. The van der Waals surface area contributed by atoms with E-state index in [4.69, 9.17) is 10.8 Å². The highest BCUT2D eigenvalue weighted by Crippen LogP contribution is 2.20. The average molecular weight is 321 g/mol. The highest BCUT2D eigenvalue weighted by atomic mass is 16.3. The fourth-order valence-electron chi connectivity index (χ4n) is 3.03. The Morgan fingerprint density at radius 1 is 1.25 bits per heavy atom. The van der Waals surface area contributed by atoms with Crippen LogP contribution in [0.5, 0.6) is 0 Å². The minimum atomic E-state index is 0.382. The average Bonchev–Trinajstić information content (AvgIpc) is 3.13. The molecule has 4 nitrogen and oxygen atoms in total. The third-order valence-electron chi connectivity index (χ3n) is 4.25. The number of benzene rings is 1. The van der Waals surface area contributed by atoms with E-state index in [9.17, 15) is 0 Å². The van der Waals surface area contributed by atoms with E-state index in [1.54, 1.807) is 6.26 Å². The van der Waals surface area contributed by atoms with Crippen LogP contribution in [0.2, 0.25) is 0 Å². The Morgan fingerprint density at radius 3 is 2.92 bits per heavy atom. The van der Waals surface area contributed by atoms with Gasteiger partial charge in [-0.2, -0.15) is 0 Å². The first kappa shape index (κ1) is 16.2. The maximum atomic E-state index is 5.37. The van der Waals surface area contributed by atoms with E-state index in [1.807, 2.05) is 12.1 Å². The minimum absolute atomic E-state index is 0.382. The molecule has 0 spiro atoms. The molecular formula is C20H23N3O. The zero-order chi connectivity index (χ0) is 16.6. The standard InChI is InChI=1S/C20H23N3O/c1-2-12-21-20(22-13-11-19-8-5-14-24-19)23-18-10-9-16-6-3-4-7-17(16)15-18/h1,3-8,14,18H,9-13,15H2,(H2,21,22,23). The van der Waals surface area contributed by atoms with Gasteiger partial charge in [-0.3, -0.25) is 4.99 Å². The van der Waals surface area contributed by atoms with Crippen LogP contribution in [-0.2, 0) is 19.3 Å². The van der Waals surface area contributed by atoms with Crippen molar-refractivity contribution >= 4 is 5.96 Å². The number of nitrogens with zero attached hydrogens (tertiary/aromatic N) is 1. The summed E-state index contributed by atoms with van der Waals surface area (Å²) in [6.07, 6.45) is 11.1. The number of hydrogen-bond donors (Lipinski definition) is 2. The van der Waals surface area contributed by atoms with Crippen molar-refractivity contribution in [1.29, 1.82) is 0 Å². The second-order valence-electron chi connectivity index (χ2n) is 5.97. The number of aliphatic imine (C=N–C) groups is 1. The Labute approximate surface area is 143 Å². The second-order valence-corrected chi connectivity index (χ2v) is 5.97. The van der Waals surface area contributed by atoms with Crippen LogP contribution in [0.4, 0.5) is 0 Å². The van der Waals surface area contributed by atoms with Crippen LogP contribution in [0.15, 0.2) is 52.1 Å². The van der Waals surface area contributed by atoms with Gasteiger partial charge in [-0.05, 0) is 42.5 Å². The van der Waals surface area contributed by atoms with Crippen molar-refractivity contribution in [1.82, 2.24) is 10.6 Å². The fraction of sp³-hybridized carbons (Fsp3) is 0.350. The quantitative estimate of drug-likeness (QED) is 0.505. The molecule has 2 aromatic rings. The van der Waals surface area contributed by atoms with Gasteiger partial charge in [0.2, 0.25) is 0 Å². The zero-order valence-electron chi connectivity index (χ0n) is 13.8. The molecule has 1 heterocycles. The van der Waals surface area contributed by atoms with Crippen LogP contribution in [0.25, 0.3) is 0 Å². The Morgan fingerprint density at radius 2 is 2.12 bits per heavy atom. The van der Waals surface area contributed by atoms with Gasteiger partial charge >= 0.3 is 0 Å². The van der Waals surface area contributed by atoms with E-state index in [0.717, 1.165) is 37.4 Å². The van der Waals surface area contributed by atoms with Crippen LogP contribution in [0, 0.1) is 12.3 Å². The summed E-state index contributed by atoms with van der Waals surface area (Å²) in [6, 6.07) is 12.9. The minimum Gasteiger partial charge on any atom is -0.469 e. The van der Waals surface area contributed by atoms with Gasteiger partial charge in [-0.15, -0.1) is 6.42 Å². The molecule has 1 aliphatic carbocycles. The summed E-state index contributed by atoms with van der Waals surface area (Å²) >= 11 is 0. The number of terminal acetylenes is 1. The maximum absolute atomic E-state index is 5.37. The van der Waals surface area contributed by atoms with Gasteiger partial charge in [0.25, 0.3) is 0 Å². The van der Waals surface area contributed by atoms with E-state index >= 15 is 0 Å². The predicted octanol–water partition coefficient (Wildman–Crippen LogP) is 2.55. The van der Waals surface area contributed by atoms with Crippen molar-refractivity contribution in [3.05, 3.63) is 59.5 Å². The molecule has 0 saturated heterocycles. The number of aryl methyl sites for hydroxylation is 1. The van der Waals surface area contributed by atoms with Gasteiger partial charge in [-0.25, -0.2) is 0 Å². The smallest absolute Gasteiger partial charge is 0.192 e. The number of hydrogen-bond acceptors (Lipinski definition) is 2. The van der Waals surface area contributed by atoms with E-state index < -0.39 is 0 Å². The highest BCUT2D eigenvalue weighted by molar-refractivity contribution is 5.80. The lowest BCUT2D eigenvalue weighted by molar-refractivity contribution is 0.508. The van der Waals surface area contributed by atoms with Crippen molar-refractivity contribution in [2.75, 3.05) is 13.1 Å². The van der Waals surface area contributed by atoms with Crippen molar-refractivity contribution in [3.8, 4) is 12.3 Å². The third-order valence-corrected chi connectivity index (χ3v) is 4.25. The Balaban J connectivity index is 1.58. The largest absolute Gasteiger partial charge is 0.469 e. The number of guanidine groups is 1. The van der Waals surface area contributed by atoms with Crippen LogP contribution in [0.1, 0.15) is 23.3 Å². The summed E-state index contributed by atoms with van der Waals surface area (Å²) in [6.45, 7) is 1.13. The van der Waals surface area contributed by atoms with E-state index in [2.05, 4.69) is 45.8 Å². The van der Waals surface area contributed by atoms with Crippen molar-refractivity contribution in [3.63, 3.8) is 0 Å². The lowest BCUT2D eigenvalue weighted by Gasteiger charge is -2.27. The van der Waals surface area contributed by atoms with Gasteiger partial charge in [0.1, 0.15) is 5.76 Å². The molecule has 1 unspecified atom stereocenters. The van der Waals surface area contributed by atoms with Gasteiger partial charge < -0.3 is 15.1 Å². The molecule has 0 bridgehead atoms.